The van der Waals surface area contributed by atoms with Gasteiger partial charge in [0.2, 0.25) is 0 Å². The normalized spacial score (nSPS) is 19.4. The summed E-state index contributed by atoms with van der Waals surface area (Å²) < 4.78 is 24.6. The monoisotopic (exact) mass is 614 g/mol. The minimum atomic E-state index is -0.475. The quantitative estimate of drug-likeness (QED) is 0.103. The van der Waals surface area contributed by atoms with Crippen molar-refractivity contribution in [2.24, 2.45) is 5.92 Å². The number of likely N-dealkylation sites (N-methyl/N-ethyl adjacent to an activating group) is 1. The average Bonchev–Trinajstić information content (AvgIpc) is 2.97. The number of rotatable bonds is 10. The highest BCUT2D eigenvalue weighted by molar-refractivity contribution is 5.87. The molecule has 1 aliphatic heterocycles. The van der Waals surface area contributed by atoms with E-state index in [2.05, 4.69) is 32.9 Å². The van der Waals surface area contributed by atoms with Gasteiger partial charge < -0.3 is 23.4 Å². The van der Waals surface area contributed by atoms with Crippen LogP contribution >= 0.6 is 0 Å². The van der Waals surface area contributed by atoms with E-state index in [0.717, 1.165) is 70.2 Å². The maximum Gasteiger partial charge on any atom is 0.362 e. The highest BCUT2D eigenvalue weighted by atomic mass is 16.5. The van der Waals surface area contributed by atoms with Gasteiger partial charge in [0.05, 0.1) is 34.2 Å². The Bertz CT molecular complexity index is 1610. The van der Waals surface area contributed by atoms with Crippen molar-refractivity contribution in [1.82, 2.24) is 0 Å². The standard InChI is InChI=1S/C38H48NO6/c1-9-10-25-18-33(44-37(41)24(2)27-12-13-29-21-30(42-8)15-14-28(29)20-27)36-31-17-26(23-43-35(40)22-39(5,6)7)11-16-32(31)38(3,4)45-34(36)19-25/h12-15,17-21,24,31-32H,9-11,16,22-23H2,1-8H3/q+1/t24-,31?,32?/m1/s1. The third-order valence-electron chi connectivity index (χ3n) is 9.08. The van der Waals surface area contributed by atoms with Crippen molar-refractivity contribution in [1.29, 1.82) is 0 Å². The van der Waals surface area contributed by atoms with Crippen molar-refractivity contribution in [3.8, 4) is 17.2 Å². The molecule has 0 radical (unpaired) electrons. The second-order valence-electron chi connectivity index (χ2n) is 14.2. The molecule has 0 aromatic heterocycles. The number of fused-ring (bicyclic) bond motifs is 4. The van der Waals surface area contributed by atoms with Crippen LogP contribution in [0.15, 0.2) is 60.2 Å². The number of hydrogen-bond acceptors (Lipinski definition) is 6. The number of hydrogen-bond donors (Lipinski definition) is 0. The van der Waals surface area contributed by atoms with Crippen LogP contribution in [0.4, 0.5) is 0 Å². The largest absolute Gasteiger partial charge is 0.497 e. The molecule has 3 aromatic rings. The van der Waals surface area contributed by atoms with Crippen molar-refractivity contribution in [3.05, 3.63) is 76.9 Å². The van der Waals surface area contributed by atoms with Gasteiger partial charge >= 0.3 is 11.9 Å². The predicted molar refractivity (Wildman–Crippen MR) is 177 cm³/mol. The summed E-state index contributed by atoms with van der Waals surface area (Å²) in [6, 6.07) is 16.1. The molecule has 1 heterocycles. The second-order valence-corrected chi connectivity index (χ2v) is 14.2. The molecule has 0 bridgehead atoms. The van der Waals surface area contributed by atoms with E-state index in [1.807, 2.05) is 70.5 Å². The first-order chi connectivity index (χ1) is 21.3. The molecular formula is C38H48NO6+. The Morgan fingerprint density at radius 3 is 2.49 bits per heavy atom. The summed E-state index contributed by atoms with van der Waals surface area (Å²) in [4.78, 5) is 26.3. The van der Waals surface area contributed by atoms with Crippen LogP contribution in [0.2, 0.25) is 0 Å². The van der Waals surface area contributed by atoms with Crippen LogP contribution in [0.5, 0.6) is 17.2 Å². The van der Waals surface area contributed by atoms with Gasteiger partial charge in [-0.2, -0.15) is 0 Å². The summed E-state index contributed by atoms with van der Waals surface area (Å²) in [5.74, 6) is 1.27. The average molecular weight is 615 g/mol. The molecule has 3 atom stereocenters. The van der Waals surface area contributed by atoms with Gasteiger partial charge in [-0.15, -0.1) is 0 Å². The van der Waals surface area contributed by atoms with Gasteiger partial charge in [0, 0.05) is 17.4 Å². The number of carbonyl (C=O) groups excluding carboxylic acids is 2. The van der Waals surface area contributed by atoms with Crippen molar-refractivity contribution in [2.45, 2.75) is 70.8 Å². The Labute approximate surface area is 267 Å². The van der Waals surface area contributed by atoms with Gasteiger partial charge in [-0.25, -0.2) is 4.79 Å². The smallest absolute Gasteiger partial charge is 0.362 e. The maximum absolute atomic E-state index is 13.8. The predicted octanol–water partition coefficient (Wildman–Crippen LogP) is 7.35. The zero-order chi connectivity index (χ0) is 32.5. The summed E-state index contributed by atoms with van der Waals surface area (Å²) >= 11 is 0. The number of methoxy groups -OCH3 is 1. The number of carbonyl (C=O) groups is 2. The number of nitrogens with zero attached hydrogens (tertiary/aromatic N) is 1. The summed E-state index contributed by atoms with van der Waals surface area (Å²) in [5, 5.41) is 2.09. The Morgan fingerprint density at radius 2 is 1.78 bits per heavy atom. The number of aryl methyl sites for hydroxylation is 1. The summed E-state index contributed by atoms with van der Waals surface area (Å²) in [6.45, 7) is 8.90. The van der Waals surface area contributed by atoms with Crippen LogP contribution in [0.3, 0.4) is 0 Å². The van der Waals surface area contributed by atoms with Crippen molar-refractivity contribution >= 4 is 22.7 Å². The number of benzene rings is 3. The molecule has 2 unspecified atom stereocenters. The fraction of sp³-hybridized carbons (Fsp3) is 0.474. The zero-order valence-electron chi connectivity index (χ0n) is 28.1. The van der Waals surface area contributed by atoms with Gasteiger partial charge in [-0.3, -0.25) is 4.79 Å². The number of quaternary nitrogens is 1. The van der Waals surface area contributed by atoms with Crippen LogP contribution in [-0.4, -0.2) is 63.4 Å². The number of ether oxygens (including phenoxy) is 4. The van der Waals surface area contributed by atoms with Crippen LogP contribution in [-0.2, 0) is 20.7 Å². The van der Waals surface area contributed by atoms with E-state index in [4.69, 9.17) is 18.9 Å². The highest BCUT2D eigenvalue weighted by Gasteiger charge is 2.46. The van der Waals surface area contributed by atoms with Crippen molar-refractivity contribution in [2.75, 3.05) is 41.4 Å². The highest BCUT2D eigenvalue weighted by Crippen LogP contribution is 2.54. The molecule has 3 aromatic carbocycles. The first-order valence-corrected chi connectivity index (χ1v) is 16.1. The fourth-order valence-corrected chi connectivity index (χ4v) is 6.68. The first kappa shape index (κ1) is 32.6. The van der Waals surface area contributed by atoms with E-state index < -0.39 is 11.5 Å². The van der Waals surface area contributed by atoms with Gasteiger partial charge in [0.25, 0.3) is 0 Å². The molecule has 45 heavy (non-hydrogen) atoms. The minimum absolute atomic E-state index is 0.0333. The van der Waals surface area contributed by atoms with E-state index in [-0.39, 0.29) is 30.4 Å². The van der Waals surface area contributed by atoms with Gasteiger partial charge in [0.15, 0.2) is 6.54 Å². The Balaban J connectivity index is 1.46. The number of esters is 2. The Kier molecular flexibility index (Phi) is 9.31. The van der Waals surface area contributed by atoms with Crippen LogP contribution in [0.1, 0.15) is 75.5 Å². The van der Waals surface area contributed by atoms with Crippen molar-refractivity contribution < 1.29 is 33.0 Å². The van der Waals surface area contributed by atoms with E-state index in [1.165, 1.54) is 0 Å². The molecule has 7 heteroatoms. The number of allylic oxidation sites excluding steroid dienone is 1. The first-order valence-electron chi connectivity index (χ1n) is 16.1. The molecule has 0 saturated heterocycles. The van der Waals surface area contributed by atoms with Gasteiger partial charge in [0.1, 0.15) is 29.5 Å². The molecule has 7 nitrogen and oxygen atoms in total. The lowest BCUT2D eigenvalue weighted by Gasteiger charge is -2.47. The molecule has 240 valence electrons. The SMILES string of the molecule is CCCc1cc(OC(=O)[C@H](C)c2ccc3cc(OC)ccc3c2)c2c(c1)OC(C)(C)C1CCC(COC(=O)C[N+](C)(C)C)=CC21. The lowest BCUT2D eigenvalue weighted by atomic mass is 9.67. The van der Waals surface area contributed by atoms with Gasteiger partial charge in [-0.1, -0.05) is 43.7 Å². The molecule has 0 amide bonds. The molecule has 2 aliphatic rings. The lowest BCUT2D eigenvalue weighted by Crippen LogP contribution is -2.45. The topological polar surface area (TPSA) is 71.1 Å². The maximum atomic E-state index is 13.8. The Hall–Kier alpha value is -3.84. The fourth-order valence-electron chi connectivity index (χ4n) is 6.68. The van der Waals surface area contributed by atoms with E-state index in [9.17, 15) is 9.59 Å². The van der Waals surface area contributed by atoms with Gasteiger partial charge in [-0.05, 0) is 91.8 Å². The minimum Gasteiger partial charge on any atom is -0.497 e. The lowest BCUT2D eigenvalue weighted by molar-refractivity contribution is -0.862. The second kappa shape index (κ2) is 12.9. The summed E-state index contributed by atoms with van der Waals surface area (Å²) in [5.41, 5.74) is 3.55. The zero-order valence-corrected chi connectivity index (χ0v) is 28.1. The van der Waals surface area contributed by atoms with E-state index in [1.54, 1.807) is 7.11 Å². The third-order valence-corrected chi connectivity index (χ3v) is 9.08. The summed E-state index contributed by atoms with van der Waals surface area (Å²) in [6.07, 6.45) is 5.76. The van der Waals surface area contributed by atoms with Crippen LogP contribution in [0, 0.1) is 5.92 Å². The third kappa shape index (κ3) is 7.36. The molecule has 0 N–H and O–H groups in total. The molecule has 0 fully saturated rings. The molecule has 1 aliphatic carbocycles. The van der Waals surface area contributed by atoms with Crippen LogP contribution in [0.25, 0.3) is 10.8 Å². The molecular weight excluding hydrogens is 566 g/mol. The van der Waals surface area contributed by atoms with Crippen LogP contribution < -0.4 is 14.2 Å². The molecule has 5 rings (SSSR count). The van der Waals surface area contributed by atoms with E-state index >= 15 is 0 Å². The molecule has 0 saturated carbocycles. The molecule has 0 spiro atoms. The summed E-state index contributed by atoms with van der Waals surface area (Å²) in [7, 11) is 7.57. The Morgan fingerprint density at radius 1 is 1.04 bits per heavy atom. The van der Waals surface area contributed by atoms with Crippen molar-refractivity contribution in [3.63, 3.8) is 0 Å². The van der Waals surface area contributed by atoms with E-state index in [0.29, 0.717) is 16.8 Å².